The van der Waals surface area contributed by atoms with Crippen LogP contribution in [-0.2, 0) is 11.3 Å². The number of nitrogens with zero attached hydrogens (tertiary/aromatic N) is 2. The zero-order chi connectivity index (χ0) is 16.2. The highest BCUT2D eigenvalue weighted by molar-refractivity contribution is 7.99. The summed E-state index contributed by atoms with van der Waals surface area (Å²) in [4.78, 5) is 17.0. The third kappa shape index (κ3) is 4.49. The molecule has 2 saturated heterocycles. The molecule has 2 fully saturated rings. The van der Waals surface area contributed by atoms with E-state index in [-0.39, 0.29) is 18.1 Å². The molecule has 0 aliphatic carbocycles. The summed E-state index contributed by atoms with van der Waals surface area (Å²) in [6.07, 6.45) is 0.220. The minimum Gasteiger partial charge on any atom is -0.372 e. The second-order valence-electron chi connectivity index (χ2n) is 6.55. The lowest BCUT2D eigenvalue weighted by Crippen LogP contribution is -2.48. The first kappa shape index (κ1) is 16.8. The van der Waals surface area contributed by atoms with Crippen LogP contribution in [0, 0.1) is 0 Å². The van der Waals surface area contributed by atoms with Gasteiger partial charge in [-0.2, -0.15) is 11.8 Å². The fourth-order valence-electron chi connectivity index (χ4n) is 3.30. The van der Waals surface area contributed by atoms with E-state index in [1.807, 2.05) is 42.6 Å². The molecule has 126 valence electrons. The van der Waals surface area contributed by atoms with Crippen LogP contribution in [0.1, 0.15) is 29.8 Å². The minimum absolute atomic E-state index is 0.110. The van der Waals surface area contributed by atoms with E-state index >= 15 is 0 Å². The lowest BCUT2D eigenvalue weighted by molar-refractivity contribution is -0.0586. The highest BCUT2D eigenvalue weighted by Crippen LogP contribution is 2.17. The quantitative estimate of drug-likeness (QED) is 0.850. The van der Waals surface area contributed by atoms with E-state index in [0.717, 1.165) is 25.2 Å². The van der Waals surface area contributed by atoms with Gasteiger partial charge in [-0.1, -0.05) is 12.1 Å². The molecule has 3 rings (SSSR count). The van der Waals surface area contributed by atoms with Crippen molar-refractivity contribution in [3.63, 3.8) is 0 Å². The van der Waals surface area contributed by atoms with Crippen LogP contribution < -0.4 is 0 Å². The number of rotatable bonds is 3. The predicted octanol–water partition coefficient (Wildman–Crippen LogP) is 2.48. The molecule has 2 atom stereocenters. The number of ether oxygens (including phenoxy) is 1. The summed E-state index contributed by atoms with van der Waals surface area (Å²) < 4.78 is 5.70. The van der Waals surface area contributed by atoms with Crippen molar-refractivity contribution in [1.29, 1.82) is 0 Å². The van der Waals surface area contributed by atoms with Gasteiger partial charge in [-0.3, -0.25) is 9.69 Å². The van der Waals surface area contributed by atoms with Crippen LogP contribution in [0.5, 0.6) is 0 Å². The molecule has 0 radical (unpaired) electrons. The number of hydrogen-bond acceptors (Lipinski definition) is 4. The molecule has 1 amide bonds. The van der Waals surface area contributed by atoms with Gasteiger partial charge in [-0.25, -0.2) is 0 Å². The van der Waals surface area contributed by atoms with Gasteiger partial charge in [-0.05, 0) is 31.5 Å². The third-order valence-corrected chi connectivity index (χ3v) is 5.36. The highest BCUT2D eigenvalue weighted by Gasteiger charge is 2.26. The molecular weight excluding hydrogens is 308 g/mol. The fourth-order valence-corrected chi connectivity index (χ4v) is 4.28. The highest BCUT2D eigenvalue weighted by atomic mass is 32.2. The summed E-state index contributed by atoms with van der Waals surface area (Å²) in [5.74, 6) is 2.57. The molecule has 0 saturated carbocycles. The van der Waals surface area contributed by atoms with Crippen LogP contribution in [-0.4, -0.2) is 65.6 Å². The molecule has 5 heteroatoms. The number of benzene rings is 1. The summed E-state index contributed by atoms with van der Waals surface area (Å²) in [7, 11) is 0. The Bertz CT molecular complexity index is 518. The van der Waals surface area contributed by atoms with E-state index in [2.05, 4.69) is 17.0 Å². The summed E-state index contributed by atoms with van der Waals surface area (Å²) in [5, 5.41) is 0. The van der Waals surface area contributed by atoms with Gasteiger partial charge < -0.3 is 9.64 Å². The molecule has 0 spiro atoms. The smallest absolute Gasteiger partial charge is 0.254 e. The maximum absolute atomic E-state index is 12.6. The normalized spacial score (nSPS) is 26.3. The molecule has 4 nitrogen and oxygen atoms in total. The Hall–Kier alpha value is -1.04. The van der Waals surface area contributed by atoms with Gasteiger partial charge in [0.25, 0.3) is 5.91 Å². The largest absolute Gasteiger partial charge is 0.372 e. The van der Waals surface area contributed by atoms with Crippen LogP contribution in [0.3, 0.4) is 0 Å². The molecule has 0 unspecified atom stereocenters. The van der Waals surface area contributed by atoms with E-state index in [1.165, 1.54) is 17.1 Å². The number of hydrogen-bond donors (Lipinski definition) is 0. The first-order chi connectivity index (χ1) is 11.1. The number of carbonyl (C=O) groups excluding carboxylic acids is 1. The summed E-state index contributed by atoms with van der Waals surface area (Å²) in [5.41, 5.74) is 2.07. The van der Waals surface area contributed by atoms with Gasteiger partial charge >= 0.3 is 0 Å². The van der Waals surface area contributed by atoms with Crippen molar-refractivity contribution >= 4 is 17.7 Å². The zero-order valence-electron chi connectivity index (χ0n) is 14.0. The van der Waals surface area contributed by atoms with Crippen molar-refractivity contribution in [2.75, 3.05) is 37.7 Å². The first-order valence-corrected chi connectivity index (χ1v) is 9.61. The lowest BCUT2D eigenvalue weighted by atomic mass is 10.1. The van der Waals surface area contributed by atoms with Crippen molar-refractivity contribution < 1.29 is 9.53 Å². The molecule has 2 heterocycles. The second kappa shape index (κ2) is 7.69. The van der Waals surface area contributed by atoms with Gasteiger partial charge in [0, 0.05) is 49.8 Å². The molecule has 0 aromatic heterocycles. The second-order valence-corrected chi connectivity index (χ2v) is 7.78. The zero-order valence-corrected chi connectivity index (χ0v) is 14.8. The van der Waals surface area contributed by atoms with Crippen molar-refractivity contribution in [3.05, 3.63) is 35.4 Å². The molecular formula is C18H26N2O2S. The lowest BCUT2D eigenvalue weighted by Gasteiger charge is -2.35. The van der Waals surface area contributed by atoms with Crippen LogP contribution in [0.4, 0.5) is 0 Å². The molecule has 1 aromatic carbocycles. The molecule has 2 aliphatic rings. The van der Waals surface area contributed by atoms with Gasteiger partial charge in [-0.15, -0.1) is 0 Å². The number of amides is 1. The number of thioether (sulfide) groups is 1. The Morgan fingerprint density at radius 2 is 1.74 bits per heavy atom. The van der Waals surface area contributed by atoms with Crippen molar-refractivity contribution in [1.82, 2.24) is 9.80 Å². The maximum atomic E-state index is 12.6. The summed E-state index contributed by atoms with van der Waals surface area (Å²) >= 11 is 2.03. The van der Waals surface area contributed by atoms with Crippen LogP contribution in [0.25, 0.3) is 0 Å². The Kier molecular flexibility index (Phi) is 5.62. The average Bonchev–Trinajstić information content (AvgIpc) is 2.55. The molecule has 0 N–H and O–H groups in total. The Balaban J connectivity index is 1.60. The van der Waals surface area contributed by atoms with Crippen LogP contribution in [0.15, 0.2) is 24.3 Å². The van der Waals surface area contributed by atoms with Crippen molar-refractivity contribution in [2.24, 2.45) is 0 Å². The molecule has 23 heavy (non-hydrogen) atoms. The molecule has 0 bridgehead atoms. The van der Waals surface area contributed by atoms with E-state index in [4.69, 9.17) is 4.74 Å². The van der Waals surface area contributed by atoms with Gasteiger partial charge in [0.15, 0.2) is 0 Å². The molecule has 1 aromatic rings. The van der Waals surface area contributed by atoms with Crippen molar-refractivity contribution in [2.45, 2.75) is 32.6 Å². The van der Waals surface area contributed by atoms with E-state index in [9.17, 15) is 4.79 Å². The Morgan fingerprint density at radius 3 is 2.35 bits per heavy atom. The van der Waals surface area contributed by atoms with Crippen LogP contribution >= 0.6 is 11.8 Å². The first-order valence-electron chi connectivity index (χ1n) is 8.45. The molecule has 2 aliphatic heterocycles. The van der Waals surface area contributed by atoms with E-state index in [0.29, 0.717) is 13.1 Å². The summed E-state index contributed by atoms with van der Waals surface area (Å²) in [6.45, 7) is 8.71. The topological polar surface area (TPSA) is 32.8 Å². The number of carbonyl (C=O) groups is 1. The van der Waals surface area contributed by atoms with Gasteiger partial charge in [0.05, 0.1) is 12.2 Å². The van der Waals surface area contributed by atoms with E-state index in [1.54, 1.807) is 0 Å². The Morgan fingerprint density at radius 1 is 1.13 bits per heavy atom. The monoisotopic (exact) mass is 334 g/mol. The van der Waals surface area contributed by atoms with Crippen LogP contribution in [0.2, 0.25) is 0 Å². The standard InChI is InChI=1S/C18H26N2O2S/c1-14-11-20(12-15(2)22-14)18(21)17-5-3-16(4-6-17)13-19-7-9-23-10-8-19/h3-6,14-15H,7-13H2,1-2H3/t14-,15-/m0/s1. The summed E-state index contributed by atoms with van der Waals surface area (Å²) in [6, 6.07) is 8.15. The van der Waals surface area contributed by atoms with Gasteiger partial charge in [0.1, 0.15) is 0 Å². The van der Waals surface area contributed by atoms with Crippen molar-refractivity contribution in [3.8, 4) is 0 Å². The predicted molar refractivity (Wildman–Crippen MR) is 95.0 cm³/mol. The Labute approximate surface area is 143 Å². The average molecular weight is 334 g/mol. The van der Waals surface area contributed by atoms with E-state index < -0.39 is 0 Å². The third-order valence-electron chi connectivity index (χ3n) is 4.42. The SMILES string of the molecule is C[C@H]1CN(C(=O)c2ccc(CN3CCSCC3)cc2)C[C@H](C)O1. The van der Waals surface area contributed by atoms with Gasteiger partial charge in [0.2, 0.25) is 0 Å². The maximum Gasteiger partial charge on any atom is 0.254 e. The number of morpholine rings is 1. The fraction of sp³-hybridized carbons (Fsp3) is 0.611. The minimum atomic E-state index is 0.110.